The van der Waals surface area contributed by atoms with Crippen LogP contribution in [0.1, 0.15) is 52.4 Å². The molecule has 1 heterocycles. The van der Waals surface area contributed by atoms with Crippen LogP contribution in [-0.2, 0) is 9.47 Å². The minimum absolute atomic E-state index is 0.150. The van der Waals surface area contributed by atoms with Crippen molar-refractivity contribution < 1.29 is 9.47 Å². The number of methoxy groups -OCH3 is 1. The molecule has 1 rings (SSSR count). The highest BCUT2D eigenvalue weighted by molar-refractivity contribution is 5.79. The summed E-state index contributed by atoms with van der Waals surface area (Å²) in [6, 6.07) is 0. The number of rotatable bonds is 9. The van der Waals surface area contributed by atoms with E-state index in [1.807, 2.05) is 0 Å². The quantitative estimate of drug-likeness (QED) is 0.390. The molecule has 1 aliphatic rings. The standard InChI is InChI=1S/C16H33N3O2/c1-4-6-7-8-11-18-15(17-5-2)19-14-16(20-3)9-12-21-13-10-16/h4-14H2,1-3H3,(H2,17,18,19). The van der Waals surface area contributed by atoms with Crippen molar-refractivity contribution in [2.75, 3.05) is 40.0 Å². The number of guanidine groups is 1. The second kappa shape index (κ2) is 10.9. The molecule has 0 aliphatic carbocycles. The lowest BCUT2D eigenvalue weighted by atomic mass is 9.94. The van der Waals surface area contributed by atoms with Gasteiger partial charge >= 0.3 is 0 Å². The highest BCUT2D eigenvalue weighted by atomic mass is 16.5. The molecule has 1 aliphatic heterocycles. The number of aliphatic imine (C=N–C) groups is 1. The lowest BCUT2D eigenvalue weighted by Crippen LogP contribution is -2.44. The van der Waals surface area contributed by atoms with E-state index >= 15 is 0 Å². The fraction of sp³-hybridized carbons (Fsp3) is 0.938. The van der Waals surface area contributed by atoms with Gasteiger partial charge in [-0.2, -0.15) is 0 Å². The van der Waals surface area contributed by atoms with Gasteiger partial charge in [-0.25, -0.2) is 0 Å². The van der Waals surface area contributed by atoms with E-state index in [0.29, 0.717) is 6.54 Å². The number of nitrogens with zero attached hydrogens (tertiary/aromatic N) is 1. The van der Waals surface area contributed by atoms with Gasteiger partial charge in [0.05, 0.1) is 12.1 Å². The molecule has 0 atom stereocenters. The van der Waals surface area contributed by atoms with Gasteiger partial charge in [-0.1, -0.05) is 26.2 Å². The molecule has 0 bridgehead atoms. The van der Waals surface area contributed by atoms with Gasteiger partial charge < -0.3 is 20.1 Å². The maximum absolute atomic E-state index is 5.72. The summed E-state index contributed by atoms with van der Waals surface area (Å²) in [4.78, 5) is 4.71. The van der Waals surface area contributed by atoms with E-state index in [1.165, 1.54) is 25.7 Å². The summed E-state index contributed by atoms with van der Waals surface area (Å²) in [5, 5.41) is 6.72. The number of unbranched alkanes of at least 4 members (excludes halogenated alkanes) is 3. The fourth-order valence-corrected chi connectivity index (χ4v) is 2.49. The fourth-order valence-electron chi connectivity index (χ4n) is 2.49. The van der Waals surface area contributed by atoms with Crippen molar-refractivity contribution in [1.82, 2.24) is 10.6 Å². The predicted octanol–water partition coefficient (Wildman–Crippen LogP) is 2.32. The molecule has 0 amide bonds. The largest absolute Gasteiger partial charge is 0.381 e. The minimum atomic E-state index is -0.150. The average Bonchev–Trinajstić information content (AvgIpc) is 2.53. The minimum Gasteiger partial charge on any atom is -0.381 e. The van der Waals surface area contributed by atoms with E-state index in [4.69, 9.17) is 14.5 Å². The van der Waals surface area contributed by atoms with Gasteiger partial charge in [-0.15, -0.1) is 0 Å². The molecule has 5 nitrogen and oxygen atoms in total. The molecular formula is C16H33N3O2. The number of hydrogen-bond donors (Lipinski definition) is 2. The number of ether oxygens (including phenoxy) is 2. The van der Waals surface area contributed by atoms with E-state index in [2.05, 4.69) is 24.5 Å². The van der Waals surface area contributed by atoms with Crippen molar-refractivity contribution in [3.05, 3.63) is 0 Å². The summed E-state index contributed by atoms with van der Waals surface area (Å²) < 4.78 is 11.1. The zero-order valence-electron chi connectivity index (χ0n) is 14.0. The van der Waals surface area contributed by atoms with Gasteiger partial charge in [0, 0.05) is 46.3 Å². The normalized spacial score (nSPS) is 18.5. The Balaban J connectivity index is 2.41. The van der Waals surface area contributed by atoms with E-state index in [9.17, 15) is 0 Å². The topological polar surface area (TPSA) is 54.9 Å². The van der Waals surface area contributed by atoms with Crippen molar-refractivity contribution in [2.45, 2.75) is 58.0 Å². The lowest BCUT2D eigenvalue weighted by Gasteiger charge is -2.34. The molecule has 1 saturated heterocycles. The highest BCUT2D eigenvalue weighted by Crippen LogP contribution is 2.24. The van der Waals surface area contributed by atoms with Crippen molar-refractivity contribution in [3.8, 4) is 0 Å². The van der Waals surface area contributed by atoms with Gasteiger partial charge in [-0.05, 0) is 13.3 Å². The van der Waals surface area contributed by atoms with Crippen LogP contribution >= 0.6 is 0 Å². The Bertz CT molecular complexity index is 289. The summed E-state index contributed by atoms with van der Waals surface area (Å²) in [5.41, 5.74) is -0.150. The van der Waals surface area contributed by atoms with Gasteiger partial charge in [-0.3, -0.25) is 4.99 Å². The summed E-state index contributed by atoms with van der Waals surface area (Å²) >= 11 is 0. The first kappa shape index (κ1) is 18.2. The first-order valence-electron chi connectivity index (χ1n) is 8.41. The Morgan fingerprint density at radius 3 is 2.52 bits per heavy atom. The average molecular weight is 299 g/mol. The third kappa shape index (κ3) is 7.14. The number of hydrogen-bond acceptors (Lipinski definition) is 3. The Labute approximate surface area is 129 Å². The maximum atomic E-state index is 5.72. The third-order valence-electron chi connectivity index (χ3n) is 4.03. The van der Waals surface area contributed by atoms with E-state index in [0.717, 1.165) is 45.1 Å². The summed E-state index contributed by atoms with van der Waals surface area (Å²) in [6.07, 6.45) is 6.89. The van der Waals surface area contributed by atoms with Crippen LogP contribution in [0.4, 0.5) is 0 Å². The molecule has 0 unspecified atom stereocenters. The van der Waals surface area contributed by atoms with Crippen LogP contribution in [0.5, 0.6) is 0 Å². The van der Waals surface area contributed by atoms with E-state index in [1.54, 1.807) is 7.11 Å². The molecule has 0 aromatic rings. The first-order valence-corrected chi connectivity index (χ1v) is 8.41. The molecule has 0 saturated carbocycles. The second-order valence-electron chi connectivity index (χ2n) is 5.68. The molecule has 0 aromatic heterocycles. The summed E-state index contributed by atoms with van der Waals surface area (Å²) in [6.45, 7) is 8.41. The van der Waals surface area contributed by atoms with Crippen molar-refractivity contribution >= 4 is 5.96 Å². The zero-order chi connectivity index (χ0) is 15.4. The Kier molecular flexibility index (Phi) is 9.42. The Morgan fingerprint density at radius 1 is 1.14 bits per heavy atom. The molecule has 5 heteroatoms. The van der Waals surface area contributed by atoms with Crippen LogP contribution in [0.25, 0.3) is 0 Å². The van der Waals surface area contributed by atoms with Crippen molar-refractivity contribution in [2.24, 2.45) is 4.99 Å². The summed E-state index contributed by atoms with van der Waals surface area (Å²) in [7, 11) is 1.78. The SMILES string of the molecule is CCCCCCNC(=NCC1(OC)CCOCC1)NCC. The molecule has 0 radical (unpaired) electrons. The van der Waals surface area contributed by atoms with Crippen LogP contribution in [0.2, 0.25) is 0 Å². The van der Waals surface area contributed by atoms with Crippen LogP contribution in [0.3, 0.4) is 0 Å². The smallest absolute Gasteiger partial charge is 0.191 e. The van der Waals surface area contributed by atoms with Crippen molar-refractivity contribution in [1.29, 1.82) is 0 Å². The van der Waals surface area contributed by atoms with Gasteiger partial charge in [0.25, 0.3) is 0 Å². The first-order chi connectivity index (χ1) is 10.3. The van der Waals surface area contributed by atoms with Crippen LogP contribution in [0.15, 0.2) is 4.99 Å². The molecule has 1 fully saturated rings. The maximum Gasteiger partial charge on any atom is 0.191 e. The Hall–Kier alpha value is -0.810. The molecular weight excluding hydrogens is 266 g/mol. The van der Waals surface area contributed by atoms with E-state index < -0.39 is 0 Å². The molecule has 0 spiro atoms. The van der Waals surface area contributed by atoms with Gasteiger partial charge in [0.1, 0.15) is 0 Å². The predicted molar refractivity (Wildman–Crippen MR) is 87.9 cm³/mol. The zero-order valence-corrected chi connectivity index (χ0v) is 14.0. The molecule has 124 valence electrons. The van der Waals surface area contributed by atoms with Crippen LogP contribution < -0.4 is 10.6 Å². The number of nitrogens with one attached hydrogen (secondary N) is 2. The highest BCUT2D eigenvalue weighted by Gasteiger charge is 2.32. The second-order valence-corrected chi connectivity index (χ2v) is 5.68. The van der Waals surface area contributed by atoms with Gasteiger partial charge in [0.15, 0.2) is 5.96 Å². The third-order valence-corrected chi connectivity index (χ3v) is 4.03. The summed E-state index contributed by atoms with van der Waals surface area (Å²) in [5.74, 6) is 0.900. The van der Waals surface area contributed by atoms with Gasteiger partial charge in [0.2, 0.25) is 0 Å². The lowest BCUT2D eigenvalue weighted by molar-refractivity contribution is -0.0828. The molecule has 0 aromatic carbocycles. The van der Waals surface area contributed by atoms with Crippen molar-refractivity contribution in [3.63, 3.8) is 0 Å². The van der Waals surface area contributed by atoms with Crippen LogP contribution in [-0.4, -0.2) is 51.5 Å². The molecule has 21 heavy (non-hydrogen) atoms. The van der Waals surface area contributed by atoms with Crippen LogP contribution in [0, 0.1) is 0 Å². The Morgan fingerprint density at radius 2 is 1.90 bits per heavy atom. The van der Waals surface area contributed by atoms with E-state index in [-0.39, 0.29) is 5.60 Å². The monoisotopic (exact) mass is 299 g/mol. The molecule has 2 N–H and O–H groups in total.